The van der Waals surface area contributed by atoms with Crippen LogP contribution in [0.1, 0.15) is 41.5 Å². The van der Waals surface area contributed by atoms with E-state index >= 15 is 0 Å². The van der Waals surface area contributed by atoms with Gasteiger partial charge in [0.2, 0.25) is 0 Å². The minimum Gasteiger partial charge on any atom is -0.456 e. The maximum atomic E-state index is 12.7. The van der Waals surface area contributed by atoms with E-state index in [-0.39, 0.29) is 5.82 Å². The van der Waals surface area contributed by atoms with E-state index in [1.807, 2.05) is 0 Å². The quantitative estimate of drug-likeness (QED) is 0.608. The van der Waals surface area contributed by atoms with E-state index in [1.165, 1.54) is 12.3 Å². The predicted molar refractivity (Wildman–Crippen MR) is 115 cm³/mol. The van der Waals surface area contributed by atoms with Crippen molar-refractivity contribution < 1.29 is 23.8 Å². The van der Waals surface area contributed by atoms with Gasteiger partial charge in [-0.2, -0.15) is 4.90 Å². The lowest BCUT2D eigenvalue weighted by Gasteiger charge is -2.28. The van der Waals surface area contributed by atoms with Crippen LogP contribution in [0.15, 0.2) is 36.5 Å². The van der Waals surface area contributed by atoms with E-state index in [2.05, 4.69) is 4.98 Å². The van der Waals surface area contributed by atoms with Crippen LogP contribution < -0.4 is 15.4 Å². The van der Waals surface area contributed by atoms with Crippen LogP contribution in [0.3, 0.4) is 0 Å². The first-order valence-corrected chi connectivity index (χ1v) is 9.58. The van der Waals surface area contributed by atoms with Crippen LogP contribution >= 0.6 is 11.6 Å². The van der Waals surface area contributed by atoms with Gasteiger partial charge in [0.25, 0.3) is 0 Å². The predicted octanol–water partition coefficient (Wildman–Crippen LogP) is 5.79. The molecule has 30 heavy (non-hydrogen) atoms. The molecular formula is C21H26ClN3O5. The van der Waals surface area contributed by atoms with Gasteiger partial charge in [-0.25, -0.2) is 14.6 Å². The standard InChI is InChI=1S/C21H26ClN3O5/c1-20(2,3)29-18(26)25(19(27)30-21(4,5)6)17-12-14(9-10-24-17)28-16-8-7-13(23)11-15(16)22/h7-12H,23H2,1-6H3. The molecule has 9 heteroatoms. The zero-order chi connectivity index (χ0) is 22.7. The van der Waals surface area contributed by atoms with Crippen molar-refractivity contribution in [3.8, 4) is 11.5 Å². The number of pyridine rings is 1. The van der Waals surface area contributed by atoms with Crippen molar-refractivity contribution in [3.63, 3.8) is 0 Å². The van der Waals surface area contributed by atoms with Crippen LogP contribution in [0.5, 0.6) is 11.5 Å². The van der Waals surface area contributed by atoms with Crippen molar-refractivity contribution >= 4 is 35.3 Å². The highest BCUT2D eigenvalue weighted by Crippen LogP contribution is 2.32. The average Bonchev–Trinajstić information content (AvgIpc) is 2.54. The minimum absolute atomic E-state index is 0.0254. The van der Waals surface area contributed by atoms with E-state index in [1.54, 1.807) is 65.8 Å². The van der Waals surface area contributed by atoms with Gasteiger partial charge in [0.1, 0.15) is 22.7 Å². The number of nitrogen functional groups attached to an aromatic ring is 1. The molecular weight excluding hydrogens is 410 g/mol. The first-order valence-electron chi connectivity index (χ1n) is 9.20. The van der Waals surface area contributed by atoms with Gasteiger partial charge in [-0.3, -0.25) is 0 Å². The Kier molecular flexibility index (Phi) is 6.82. The van der Waals surface area contributed by atoms with Crippen LogP contribution in [0.4, 0.5) is 21.1 Å². The molecule has 0 aliphatic heterocycles. The zero-order valence-electron chi connectivity index (χ0n) is 17.9. The number of nitrogens with two attached hydrogens (primary N) is 1. The topological polar surface area (TPSA) is 104 Å². The number of rotatable bonds is 3. The van der Waals surface area contributed by atoms with Crippen LogP contribution in [0, 0.1) is 0 Å². The highest BCUT2D eigenvalue weighted by molar-refractivity contribution is 6.32. The molecule has 2 aromatic rings. The molecule has 0 spiro atoms. The van der Waals surface area contributed by atoms with Gasteiger partial charge in [-0.1, -0.05) is 11.6 Å². The number of carbonyl (C=O) groups is 2. The molecule has 0 atom stereocenters. The zero-order valence-corrected chi connectivity index (χ0v) is 18.6. The van der Waals surface area contributed by atoms with Gasteiger partial charge in [0, 0.05) is 18.0 Å². The normalized spacial score (nSPS) is 11.6. The second-order valence-electron chi connectivity index (χ2n) is 8.44. The number of imide groups is 1. The summed E-state index contributed by atoms with van der Waals surface area (Å²) in [4.78, 5) is 30.3. The molecule has 162 valence electrons. The van der Waals surface area contributed by atoms with Crippen molar-refractivity contribution in [2.45, 2.75) is 52.7 Å². The molecule has 0 saturated heterocycles. The number of halogens is 1. The molecule has 2 rings (SSSR count). The lowest BCUT2D eigenvalue weighted by atomic mass is 10.2. The van der Waals surface area contributed by atoms with Gasteiger partial charge in [-0.15, -0.1) is 0 Å². The van der Waals surface area contributed by atoms with Crippen molar-refractivity contribution in [1.29, 1.82) is 0 Å². The maximum absolute atomic E-state index is 12.7. The Morgan fingerprint density at radius 3 is 2.03 bits per heavy atom. The number of hydrogen-bond donors (Lipinski definition) is 1. The summed E-state index contributed by atoms with van der Waals surface area (Å²) >= 11 is 6.15. The molecule has 1 heterocycles. The van der Waals surface area contributed by atoms with Crippen LogP contribution in [0.25, 0.3) is 0 Å². The Morgan fingerprint density at radius 2 is 1.53 bits per heavy atom. The largest absolute Gasteiger partial charge is 0.456 e. The maximum Gasteiger partial charge on any atom is 0.425 e. The number of aromatic nitrogens is 1. The van der Waals surface area contributed by atoms with Crippen molar-refractivity contribution in [3.05, 3.63) is 41.6 Å². The van der Waals surface area contributed by atoms with E-state index < -0.39 is 23.4 Å². The smallest absolute Gasteiger partial charge is 0.425 e. The van der Waals surface area contributed by atoms with Gasteiger partial charge in [0.05, 0.1) is 5.02 Å². The fourth-order valence-electron chi connectivity index (χ4n) is 2.19. The number of ether oxygens (including phenoxy) is 3. The molecule has 1 aromatic carbocycles. The Morgan fingerprint density at radius 1 is 0.967 bits per heavy atom. The van der Waals surface area contributed by atoms with Crippen LogP contribution in [-0.2, 0) is 9.47 Å². The lowest BCUT2D eigenvalue weighted by Crippen LogP contribution is -2.44. The molecule has 1 aromatic heterocycles. The fourth-order valence-corrected chi connectivity index (χ4v) is 2.42. The summed E-state index contributed by atoms with van der Waals surface area (Å²) in [5.74, 6) is 0.621. The number of carbonyl (C=O) groups excluding carboxylic acids is 2. The molecule has 2 N–H and O–H groups in total. The molecule has 0 unspecified atom stereocenters. The summed E-state index contributed by atoms with van der Waals surface area (Å²) in [7, 11) is 0. The van der Waals surface area contributed by atoms with Gasteiger partial charge < -0.3 is 19.9 Å². The summed E-state index contributed by atoms with van der Waals surface area (Å²) in [6.07, 6.45) is -0.462. The summed E-state index contributed by atoms with van der Waals surface area (Å²) < 4.78 is 16.5. The van der Waals surface area contributed by atoms with E-state index in [0.717, 1.165) is 0 Å². The third-order valence-electron chi connectivity index (χ3n) is 3.28. The Hall–Kier alpha value is -3.00. The molecule has 2 amide bonds. The highest BCUT2D eigenvalue weighted by atomic mass is 35.5. The van der Waals surface area contributed by atoms with Crippen LogP contribution in [-0.4, -0.2) is 28.4 Å². The lowest BCUT2D eigenvalue weighted by molar-refractivity contribution is 0.0429. The third-order valence-corrected chi connectivity index (χ3v) is 3.58. The molecule has 0 radical (unpaired) electrons. The van der Waals surface area contributed by atoms with Crippen molar-refractivity contribution in [1.82, 2.24) is 4.98 Å². The van der Waals surface area contributed by atoms with Crippen LogP contribution in [0.2, 0.25) is 5.02 Å². The monoisotopic (exact) mass is 435 g/mol. The summed E-state index contributed by atoms with van der Waals surface area (Å²) in [5, 5.41) is 0.310. The van der Waals surface area contributed by atoms with Crippen molar-refractivity contribution in [2.75, 3.05) is 10.6 Å². The number of benzene rings is 1. The Bertz CT molecular complexity index is 907. The first kappa shape index (κ1) is 23.3. The third kappa shape index (κ3) is 6.81. The SMILES string of the molecule is CC(C)(C)OC(=O)N(C(=O)OC(C)(C)C)c1cc(Oc2ccc(N)cc2Cl)ccn1. The number of amides is 2. The summed E-state index contributed by atoms with van der Waals surface area (Å²) in [6, 6.07) is 7.75. The molecule has 0 bridgehead atoms. The number of nitrogens with zero attached hydrogens (tertiary/aromatic N) is 2. The highest BCUT2D eigenvalue weighted by Gasteiger charge is 2.33. The molecule has 0 saturated carbocycles. The second-order valence-corrected chi connectivity index (χ2v) is 8.84. The minimum atomic E-state index is -0.924. The molecule has 8 nitrogen and oxygen atoms in total. The van der Waals surface area contributed by atoms with E-state index in [0.29, 0.717) is 27.1 Å². The number of anilines is 2. The molecule has 0 aliphatic carbocycles. The summed E-state index contributed by atoms with van der Waals surface area (Å²) in [5.41, 5.74) is 4.52. The van der Waals surface area contributed by atoms with Crippen molar-refractivity contribution in [2.24, 2.45) is 0 Å². The molecule has 0 aliphatic rings. The van der Waals surface area contributed by atoms with Gasteiger partial charge in [-0.05, 0) is 65.8 Å². The Labute approximate surface area is 180 Å². The number of hydrogen-bond acceptors (Lipinski definition) is 7. The fraction of sp³-hybridized carbons (Fsp3) is 0.381. The Balaban J connectivity index is 2.39. The van der Waals surface area contributed by atoms with Gasteiger partial charge >= 0.3 is 12.2 Å². The second kappa shape index (κ2) is 8.79. The van der Waals surface area contributed by atoms with E-state index in [9.17, 15) is 9.59 Å². The molecule has 0 fully saturated rings. The average molecular weight is 436 g/mol. The van der Waals surface area contributed by atoms with E-state index in [4.69, 9.17) is 31.5 Å². The first-order chi connectivity index (χ1) is 13.7. The van der Waals surface area contributed by atoms with Gasteiger partial charge in [0.15, 0.2) is 5.82 Å². The summed E-state index contributed by atoms with van der Waals surface area (Å²) in [6.45, 7) is 10.1.